The lowest BCUT2D eigenvalue weighted by Gasteiger charge is -2.22. The number of hydrogen-bond donors (Lipinski definition) is 2. The zero-order valence-corrected chi connectivity index (χ0v) is 15.5. The van der Waals surface area contributed by atoms with Gasteiger partial charge in [-0.15, -0.1) is 0 Å². The second-order valence-corrected chi connectivity index (χ2v) is 9.19. The Labute approximate surface area is 149 Å². The molecule has 2 amide bonds. The summed E-state index contributed by atoms with van der Waals surface area (Å²) < 4.78 is 23.0. The van der Waals surface area contributed by atoms with Crippen molar-refractivity contribution in [3.05, 3.63) is 35.9 Å². The highest BCUT2D eigenvalue weighted by atomic mass is 32.2. The Morgan fingerprint density at radius 2 is 1.88 bits per heavy atom. The average Bonchev–Trinajstić information content (AvgIpc) is 2.90. The third-order valence-electron chi connectivity index (χ3n) is 4.36. The molecule has 1 aromatic carbocycles. The van der Waals surface area contributed by atoms with Crippen molar-refractivity contribution in [1.29, 1.82) is 0 Å². The van der Waals surface area contributed by atoms with E-state index in [0.29, 0.717) is 13.0 Å². The van der Waals surface area contributed by atoms with Crippen LogP contribution in [0.2, 0.25) is 0 Å². The van der Waals surface area contributed by atoms with Crippen LogP contribution in [0.3, 0.4) is 0 Å². The molecule has 0 aliphatic carbocycles. The first-order valence-corrected chi connectivity index (χ1v) is 10.4. The summed E-state index contributed by atoms with van der Waals surface area (Å²) >= 11 is 0. The molecule has 25 heavy (non-hydrogen) atoms. The van der Waals surface area contributed by atoms with Gasteiger partial charge in [-0.25, -0.2) is 8.42 Å². The number of hydrogen-bond acceptors (Lipinski definition) is 4. The largest absolute Gasteiger partial charge is 0.354 e. The molecule has 0 saturated carbocycles. The highest BCUT2D eigenvalue weighted by Gasteiger charge is 2.30. The quantitative estimate of drug-likeness (QED) is 0.751. The van der Waals surface area contributed by atoms with Gasteiger partial charge in [0.05, 0.1) is 17.9 Å². The van der Waals surface area contributed by atoms with Gasteiger partial charge in [0.15, 0.2) is 9.84 Å². The maximum absolute atomic E-state index is 12.4. The van der Waals surface area contributed by atoms with Crippen LogP contribution in [-0.4, -0.2) is 44.3 Å². The highest BCUT2D eigenvalue weighted by Crippen LogP contribution is 2.17. The van der Waals surface area contributed by atoms with Gasteiger partial charge in [0, 0.05) is 6.54 Å². The number of sulfone groups is 1. The van der Waals surface area contributed by atoms with E-state index in [9.17, 15) is 18.0 Å². The molecule has 6 nitrogen and oxygen atoms in total. The van der Waals surface area contributed by atoms with E-state index < -0.39 is 15.9 Å². The molecule has 7 heteroatoms. The van der Waals surface area contributed by atoms with Gasteiger partial charge in [-0.3, -0.25) is 9.59 Å². The maximum Gasteiger partial charge on any atom is 0.242 e. The number of carbonyl (C=O) groups is 2. The van der Waals surface area contributed by atoms with Crippen LogP contribution in [0.5, 0.6) is 0 Å². The van der Waals surface area contributed by atoms with E-state index in [2.05, 4.69) is 10.6 Å². The molecule has 138 valence electrons. The summed E-state index contributed by atoms with van der Waals surface area (Å²) in [6.45, 7) is 4.07. The zero-order valence-electron chi connectivity index (χ0n) is 14.7. The summed E-state index contributed by atoms with van der Waals surface area (Å²) in [7, 11) is -2.95. The molecular formula is C18H26N2O4S. The second kappa shape index (κ2) is 8.47. The number of rotatable bonds is 7. The summed E-state index contributed by atoms with van der Waals surface area (Å²) in [4.78, 5) is 24.6. The fourth-order valence-electron chi connectivity index (χ4n) is 2.93. The van der Waals surface area contributed by atoms with E-state index in [4.69, 9.17) is 0 Å². The molecule has 1 fully saturated rings. The Morgan fingerprint density at radius 3 is 2.44 bits per heavy atom. The Kier molecular flexibility index (Phi) is 6.58. The van der Waals surface area contributed by atoms with Crippen LogP contribution in [0.25, 0.3) is 0 Å². The van der Waals surface area contributed by atoms with Crippen LogP contribution in [-0.2, 0) is 25.8 Å². The summed E-state index contributed by atoms with van der Waals surface area (Å²) in [5.41, 5.74) is 0.888. The van der Waals surface area contributed by atoms with E-state index in [-0.39, 0.29) is 41.6 Å². The van der Waals surface area contributed by atoms with Crippen LogP contribution in [0.4, 0.5) is 0 Å². The van der Waals surface area contributed by atoms with Crippen LogP contribution >= 0.6 is 0 Å². The standard InChI is InChI=1S/C18H26N2O4S/c1-13(2)17(20-16(21)10-14-6-4-3-5-7-14)18(22)19-11-15-8-9-25(23,24)12-15/h3-7,13,15,17H,8-12H2,1-2H3,(H,19,22)(H,20,21). The van der Waals surface area contributed by atoms with Crippen LogP contribution in [0.1, 0.15) is 25.8 Å². The molecule has 0 bridgehead atoms. The van der Waals surface area contributed by atoms with Crippen molar-refractivity contribution in [1.82, 2.24) is 10.6 Å². The van der Waals surface area contributed by atoms with Gasteiger partial charge in [-0.1, -0.05) is 44.2 Å². The van der Waals surface area contributed by atoms with Gasteiger partial charge in [-0.05, 0) is 23.8 Å². The van der Waals surface area contributed by atoms with Crippen molar-refractivity contribution in [2.45, 2.75) is 32.7 Å². The molecule has 0 spiro atoms. The van der Waals surface area contributed by atoms with Crippen molar-refractivity contribution in [2.24, 2.45) is 11.8 Å². The second-order valence-electron chi connectivity index (χ2n) is 6.97. The Hall–Kier alpha value is -1.89. The lowest BCUT2D eigenvalue weighted by atomic mass is 10.0. The fourth-order valence-corrected chi connectivity index (χ4v) is 4.79. The van der Waals surface area contributed by atoms with Crippen molar-refractivity contribution in [3.8, 4) is 0 Å². The molecule has 1 aromatic rings. The number of carbonyl (C=O) groups excluding carboxylic acids is 2. The van der Waals surface area contributed by atoms with Crippen molar-refractivity contribution in [2.75, 3.05) is 18.1 Å². The van der Waals surface area contributed by atoms with E-state index in [1.807, 2.05) is 44.2 Å². The summed E-state index contributed by atoms with van der Waals surface area (Å²) in [5.74, 6) is -0.257. The van der Waals surface area contributed by atoms with Gasteiger partial charge >= 0.3 is 0 Å². The van der Waals surface area contributed by atoms with Crippen LogP contribution < -0.4 is 10.6 Å². The van der Waals surface area contributed by atoms with Crippen LogP contribution in [0, 0.1) is 11.8 Å². The smallest absolute Gasteiger partial charge is 0.242 e. The number of nitrogens with one attached hydrogen (secondary N) is 2. The molecule has 1 aliphatic heterocycles. The Bertz CT molecular complexity index is 701. The van der Waals surface area contributed by atoms with Gasteiger partial charge in [-0.2, -0.15) is 0 Å². The first kappa shape index (κ1) is 19.4. The number of amides is 2. The van der Waals surface area contributed by atoms with E-state index in [0.717, 1.165) is 5.56 Å². The summed E-state index contributed by atoms with van der Waals surface area (Å²) in [6, 6.07) is 8.72. The van der Waals surface area contributed by atoms with Gasteiger partial charge < -0.3 is 10.6 Å². The van der Waals surface area contributed by atoms with E-state index in [1.165, 1.54) is 0 Å². The topological polar surface area (TPSA) is 92.3 Å². The third-order valence-corrected chi connectivity index (χ3v) is 6.20. The lowest BCUT2D eigenvalue weighted by molar-refractivity contribution is -0.129. The summed E-state index contributed by atoms with van der Waals surface area (Å²) in [5, 5.41) is 5.58. The molecule has 0 radical (unpaired) electrons. The first-order valence-electron chi connectivity index (χ1n) is 8.58. The molecule has 1 aliphatic rings. The monoisotopic (exact) mass is 366 g/mol. The van der Waals surface area contributed by atoms with Gasteiger partial charge in [0.25, 0.3) is 0 Å². The van der Waals surface area contributed by atoms with Crippen molar-refractivity contribution in [3.63, 3.8) is 0 Å². The highest BCUT2D eigenvalue weighted by molar-refractivity contribution is 7.91. The minimum atomic E-state index is -2.95. The predicted molar refractivity (Wildman–Crippen MR) is 96.7 cm³/mol. The van der Waals surface area contributed by atoms with Gasteiger partial charge in [0.2, 0.25) is 11.8 Å². The van der Waals surface area contributed by atoms with Crippen molar-refractivity contribution < 1.29 is 18.0 Å². The Morgan fingerprint density at radius 1 is 1.20 bits per heavy atom. The fraction of sp³-hybridized carbons (Fsp3) is 0.556. The molecule has 2 rings (SSSR count). The Balaban J connectivity index is 1.86. The predicted octanol–water partition coefficient (Wildman–Crippen LogP) is 0.921. The van der Waals surface area contributed by atoms with Crippen molar-refractivity contribution >= 4 is 21.7 Å². The molecule has 1 heterocycles. The normalized spacial score (nSPS) is 20.2. The molecule has 1 saturated heterocycles. The first-order chi connectivity index (χ1) is 11.8. The minimum Gasteiger partial charge on any atom is -0.354 e. The average molecular weight is 366 g/mol. The molecule has 0 aromatic heterocycles. The molecular weight excluding hydrogens is 340 g/mol. The summed E-state index contributed by atoms with van der Waals surface area (Å²) in [6.07, 6.45) is 0.799. The molecule has 2 unspecified atom stereocenters. The van der Waals surface area contributed by atoms with E-state index >= 15 is 0 Å². The molecule has 2 N–H and O–H groups in total. The minimum absolute atomic E-state index is 0.0400. The van der Waals surface area contributed by atoms with E-state index in [1.54, 1.807) is 0 Å². The SMILES string of the molecule is CC(C)C(NC(=O)Cc1ccccc1)C(=O)NCC1CCS(=O)(=O)C1. The number of benzene rings is 1. The maximum atomic E-state index is 12.4. The lowest BCUT2D eigenvalue weighted by Crippen LogP contribution is -2.50. The third kappa shape index (κ3) is 6.16. The van der Waals surface area contributed by atoms with Crippen LogP contribution in [0.15, 0.2) is 30.3 Å². The molecule has 2 atom stereocenters. The zero-order chi connectivity index (χ0) is 18.4. The van der Waals surface area contributed by atoms with Gasteiger partial charge in [0.1, 0.15) is 6.04 Å².